The van der Waals surface area contributed by atoms with E-state index in [2.05, 4.69) is 31.9 Å². The van der Waals surface area contributed by atoms with E-state index in [0.29, 0.717) is 19.5 Å². The van der Waals surface area contributed by atoms with Gasteiger partial charge in [-0.25, -0.2) is 14.6 Å². The summed E-state index contributed by atoms with van der Waals surface area (Å²) in [7, 11) is 0. The highest BCUT2D eigenvalue weighted by molar-refractivity contribution is 5.84. The third-order valence-corrected chi connectivity index (χ3v) is 4.57. The van der Waals surface area contributed by atoms with E-state index in [1.165, 1.54) is 0 Å². The van der Waals surface area contributed by atoms with Crippen LogP contribution in [0.15, 0.2) is 24.3 Å². The lowest BCUT2D eigenvalue weighted by Crippen LogP contribution is -2.35. The molecule has 7 heteroatoms. The number of carbonyl (C=O) groups excluding carboxylic acids is 1. The van der Waals surface area contributed by atoms with Crippen molar-refractivity contribution in [3.05, 3.63) is 41.7 Å². The zero-order valence-electron chi connectivity index (χ0n) is 15.9. The number of aromatic nitrogens is 5. The smallest absolute Gasteiger partial charge is 0.243 e. The predicted molar refractivity (Wildman–Crippen MR) is 101 cm³/mol. The molecule has 0 aliphatic heterocycles. The molecule has 7 nitrogen and oxygen atoms in total. The highest BCUT2D eigenvalue weighted by atomic mass is 16.2. The van der Waals surface area contributed by atoms with Crippen LogP contribution < -0.4 is 5.32 Å². The van der Waals surface area contributed by atoms with Crippen LogP contribution in [0.25, 0.3) is 11.0 Å². The number of fused-ring (bicyclic) bond motifs is 1. The van der Waals surface area contributed by atoms with E-state index in [9.17, 15) is 4.79 Å². The van der Waals surface area contributed by atoms with Crippen LogP contribution in [0.3, 0.4) is 0 Å². The first-order valence-corrected chi connectivity index (χ1v) is 9.16. The van der Waals surface area contributed by atoms with Gasteiger partial charge in [0, 0.05) is 13.0 Å². The fourth-order valence-electron chi connectivity index (χ4n) is 3.35. The molecule has 26 heavy (non-hydrogen) atoms. The van der Waals surface area contributed by atoms with Crippen molar-refractivity contribution in [1.29, 1.82) is 0 Å². The molecule has 2 aromatic heterocycles. The molecule has 0 saturated heterocycles. The molecular weight excluding hydrogens is 328 g/mol. The van der Waals surface area contributed by atoms with Gasteiger partial charge in [0.05, 0.1) is 17.6 Å². The molecule has 2 heterocycles. The summed E-state index contributed by atoms with van der Waals surface area (Å²) in [5, 5.41) is 7.38. The number of nitrogens with one attached hydrogen (secondary N) is 1. The Morgan fingerprint density at radius 3 is 2.62 bits per heavy atom. The molecule has 138 valence electrons. The molecule has 1 N–H and O–H groups in total. The number of aryl methyl sites for hydroxylation is 3. The van der Waals surface area contributed by atoms with Crippen LogP contribution in [0.4, 0.5) is 0 Å². The maximum Gasteiger partial charge on any atom is 0.243 e. The zero-order valence-corrected chi connectivity index (χ0v) is 15.9. The summed E-state index contributed by atoms with van der Waals surface area (Å²) >= 11 is 0. The van der Waals surface area contributed by atoms with E-state index in [0.717, 1.165) is 34.9 Å². The van der Waals surface area contributed by atoms with Crippen molar-refractivity contribution in [3.63, 3.8) is 0 Å². The first-order valence-electron chi connectivity index (χ1n) is 9.16. The second kappa shape index (κ2) is 7.68. The Hall–Kier alpha value is -2.70. The summed E-state index contributed by atoms with van der Waals surface area (Å²) in [6.45, 7) is 9.02. The van der Waals surface area contributed by atoms with E-state index >= 15 is 0 Å². The van der Waals surface area contributed by atoms with Crippen LogP contribution in [0.2, 0.25) is 0 Å². The number of hydrogen-bond acceptors (Lipinski definition) is 4. The van der Waals surface area contributed by atoms with E-state index in [1.54, 1.807) is 0 Å². The number of para-hydroxylation sites is 2. The number of carbonyl (C=O) groups is 1. The van der Waals surface area contributed by atoms with Crippen molar-refractivity contribution >= 4 is 16.9 Å². The van der Waals surface area contributed by atoms with Crippen molar-refractivity contribution in [3.8, 4) is 0 Å². The quantitative estimate of drug-likeness (QED) is 0.707. The summed E-state index contributed by atoms with van der Waals surface area (Å²) in [5.74, 6) is 2.56. The van der Waals surface area contributed by atoms with E-state index < -0.39 is 0 Å². The van der Waals surface area contributed by atoms with Gasteiger partial charge >= 0.3 is 0 Å². The number of hydrogen-bond donors (Lipinski definition) is 1. The molecule has 3 rings (SSSR count). The second-order valence-electron chi connectivity index (χ2n) is 6.38. The molecule has 1 aromatic carbocycles. The normalized spacial score (nSPS) is 12.5. The monoisotopic (exact) mass is 354 g/mol. The fraction of sp³-hybridized carbons (Fsp3) is 0.474. The molecule has 3 aromatic rings. The third-order valence-electron chi connectivity index (χ3n) is 4.57. The average Bonchev–Trinajstić information content (AvgIpc) is 3.15. The van der Waals surface area contributed by atoms with Gasteiger partial charge in [-0.1, -0.05) is 26.0 Å². The molecular formula is C19H26N6O. The lowest BCUT2D eigenvalue weighted by molar-refractivity contribution is -0.124. The summed E-state index contributed by atoms with van der Waals surface area (Å²) in [6.07, 6.45) is 1.50. The van der Waals surface area contributed by atoms with Crippen LogP contribution in [0.5, 0.6) is 0 Å². The molecule has 1 atom stereocenters. The molecule has 0 aliphatic carbocycles. The third kappa shape index (κ3) is 3.47. The van der Waals surface area contributed by atoms with Crippen molar-refractivity contribution in [2.24, 2.45) is 0 Å². The van der Waals surface area contributed by atoms with Crippen LogP contribution in [-0.4, -0.2) is 36.8 Å². The molecule has 0 unspecified atom stereocenters. The van der Waals surface area contributed by atoms with Crippen molar-refractivity contribution in [2.75, 3.05) is 6.54 Å². The van der Waals surface area contributed by atoms with Crippen molar-refractivity contribution < 1.29 is 4.79 Å². The maximum absolute atomic E-state index is 12.9. The van der Waals surface area contributed by atoms with E-state index in [4.69, 9.17) is 0 Å². The summed E-state index contributed by atoms with van der Waals surface area (Å²) in [5.41, 5.74) is 1.94. The minimum absolute atomic E-state index is 0.0137. The Morgan fingerprint density at radius 2 is 1.96 bits per heavy atom. The number of imidazole rings is 1. The lowest BCUT2D eigenvalue weighted by atomic mass is 10.2. The summed E-state index contributed by atoms with van der Waals surface area (Å²) in [4.78, 5) is 21.8. The highest BCUT2D eigenvalue weighted by Crippen LogP contribution is 2.24. The standard InChI is InChI=1S/C19H26N6O/c1-5-16(19(26)20-11-12-24-14(4)21-13(3)23-24)25-17-10-8-7-9-15(17)22-18(25)6-2/h7-10,16H,5-6,11-12H2,1-4H3,(H,20,26)/t16-/m1/s1. The van der Waals surface area contributed by atoms with Gasteiger partial charge in [0.2, 0.25) is 5.91 Å². The molecule has 0 bridgehead atoms. The van der Waals surface area contributed by atoms with Crippen molar-refractivity contribution in [2.45, 2.75) is 53.1 Å². The van der Waals surface area contributed by atoms with Gasteiger partial charge in [0.1, 0.15) is 23.5 Å². The molecule has 0 spiro atoms. The molecule has 1 amide bonds. The number of nitrogens with zero attached hydrogens (tertiary/aromatic N) is 5. The van der Waals surface area contributed by atoms with Gasteiger partial charge in [-0.15, -0.1) is 0 Å². The molecule has 0 radical (unpaired) electrons. The van der Waals surface area contributed by atoms with Crippen LogP contribution in [0.1, 0.15) is 43.8 Å². The maximum atomic E-state index is 12.9. The SMILES string of the molecule is CCc1nc2ccccc2n1[C@H](CC)C(=O)NCCn1nc(C)nc1C. The Labute approximate surface area is 153 Å². The first-order chi connectivity index (χ1) is 12.5. The Kier molecular flexibility index (Phi) is 5.35. The Bertz CT molecular complexity index is 910. The number of amides is 1. The highest BCUT2D eigenvalue weighted by Gasteiger charge is 2.23. The fourth-order valence-corrected chi connectivity index (χ4v) is 3.35. The van der Waals surface area contributed by atoms with E-state index in [1.807, 2.05) is 49.7 Å². The Morgan fingerprint density at radius 1 is 1.19 bits per heavy atom. The molecule has 0 saturated carbocycles. The van der Waals surface area contributed by atoms with E-state index in [-0.39, 0.29) is 11.9 Å². The second-order valence-corrected chi connectivity index (χ2v) is 6.38. The number of benzene rings is 1. The minimum atomic E-state index is -0.268. The lowest BCUT2D eigenvalue weighted by Gasteiger charge is -2.20. The van der Waals surface area contributed by atoms with Crippen molar-refractivity contribution in [1.82, 2.24) is 29.6 Å². The minimum Gasteiger partial charge on any atom is -0.352 e. The summed E-state index contributed by atoms with van der Waals surface area (Å²) in [6, 6.07) is 7.71. The topological polar surface area (TPSA) is 77.6 Å². The van der Waals surface area contributed by atoms with Gasteiger partial charge in [0.15, 0.2) is 0 Å². The number of rotatable bonds is 7. The predicted octanol–water partition coefficient (Wildman–Crippen LogP) is 2.57. The first kappa shape index (κ1) is 18.1. The van der Waals surface area contributed by atoms with Gasteiger partial charge in [-0.05, 0) is 32.4 Å². The summed E-state index contributed by atoms with van der Waals surface area (Å²) < 4.78 is 3.90. The Balaban J connectivity index is 1.76. The van der Waals surface area contributed by atoms with Crippen LogP contribution in [-0.2, 0) is 17.8 Å². The van der Waals surface area contributed by atoms with Crippen LogP contribution >= 0.6 is 0 Å². The largest absolute Gasteiger partial charge is 0.352 e. The molecule has 0 fully saturated rings. The average molecular weight is 354 g/mol. The van der Waals surface area contributed by atoms with Gasteiger partial charge in [-0.3, -0.25) is 4.79 Å². The van der Waals surface area contributed by atoms with Gasteiger partial charge < -0.3 is 9.88 Å². The van der Waals surface area contributed by atoms with Gasteiger partial charge in [-0.2, -0.15) is 5.10 Å². The zero-order chi connectivity index (χ0) is 18.7. The van der Waals surface area contributed by atoms with Gasteiger partial charge in [0.25, 0.3) is 0 Å². The molecule has 0 aliphatic rings. The van der Waals surface area contributed by atoms with Crippen LogP contribution in [0, 0.1) is 13.8 Å².